The average molecular weight is 370 g/mol. The summed E-state index contributed by atoms with van der Waals surface area (Å²) in [6, 6.07) is 1.57. The van der Waals surface area contributed by atoms with Crippen LogP contribution in [-0.4, -0.2) is 72.8 Å². The first-order valence-corrected chi connectivity index (χ1v) is 10.0. The summed E-state index contributed by atoms with van der Waals surface area (Å²) in [7, 11) is -0.404. The maximum absolute atomic E-state index is 12.9. The van der Waals surface area contributed by atoms with Crippen molar-refractivity contribution in [3.05, 3.63) is 17.5 Å². The van der Waals surface area contributed by atoms with Gasteiger partial charge in [0.1, 0.15) is 5.76 Å². The molecule has 3 fully saturated rings. The molecular weight excluding hydrogens is 344 g/mol. The van der Waals surface area contributed by atoms with Gasteiger partial charge in [-0.25, -0.2) is 0 Å². The first-order valence-electron chi connectivity index (χ1n) is 8.65. The second-order valence-corrected chi connectivity index (χ2v) is 9.57. The average Bonchev–Trinajstić information content (AvgIpc) is 2.86. The Morgan fingerprint density at radius 1 is 1.28 bits per heavy atom. The highest BCUT2D eigenvalue weighted by Crippen LogP contribution is 2.31. The fraction of sp³-hybridized carbons (Fsp3) is 0.750. The normalized spacial score (nSPS) is 25.0. The maximum atomic E-state index is 12.9. The van der Waals surface area contributed by atoms with Gasteiger partial charge in [-0.2, -0.15) is 17.0 Å². The number of carbonyl (C=O) groups is 1. The zero-order chi connectivity index (χ0) is 18.4. The SMILES string of the molecule is CC(C)c1cc(C(=O)N2C[C@H]3CC[C@@H]2CN(S(=O)(=O)N(C)C)C3)no1. The molecule has 0 unspecified atom stereocenters. The van der Waals surface area contributed by atoms with E-state index in [9.17, 15) is 13.2 Å². The summed E-state index contributed by atoms with van der Waals surface area (Å²) in [6.07, 6.45) is 1.74. The predicted molar refractivity (Wildman–Crippen MR) is 92.3 cm³/mol. The van der Waals surface area contributed by atoms with Gasteiger partial charge in [-0.3, -0.25) is 4.79 Å². The molecule has 0 aromatic carbocycles. The van der Waals surface area contributed by atoms with Gasteiger partial charge in [-0.1, -0.05) is 19.0 Å². The molecule has 0 spiro atoms. The molecule has 1 aromatic heterocycles. The summed E-state index contributed by atoms with van der Waals surface area (Å²) >= 11 is 0. The zero-order valence-electron chi connectivity index (χ0n) is 15.2. The molecule has 4 rings (SSSR count). The van der Waals surface area contributed by atoms with Gasteiger partial charge in [0.2, 0.25) is 0 Å². The summed E-state index contributed by atoms with van der Waals surface area (Å²) in [5.41, 5.74) is 0.304. The number of piperidine rings is 1. The minimum Gasteiger partial charge on any atom is -0.360 e. The molecule has 3 saturated heterocycles. The number of hydrogen-bond donors (Lipinski definition) is 0. The number of nitrogens with zero attached hydrogens (tertiary/aromatic N) is 4. The summed E-state index contributed by atoms with van der Waals surface area (Å²) < 4.78 is 33.0. The molecule has 0 N–H and O–H groups in total. The van der Waals surface area contributed by atoms with Crippen LogP contribution in [0.4, 0.5) is 0 Å². The van der Waals surface area contributed by atoms with Crippen LogP contribution in [0.5, 0.6) is 0 Å². The lowest BCUT2D eigenvalue weighted by Gasteiger charge is -2.35. The smallest absolute Gasteiger partial charge is 0.281 e. The van der Waals surface area contributed by atoms with E-state index in [0.29, 0.717) is 31.1 Å². The van der Waals surface area contributed by atoms with E-state index in [0.717, 1.165) is 12.8 Å². The van der Waals surface area contributed by atoms with Crippen molar-refractivity contribution in [2.75, 3.05) is 33.7 Å². The van der Waals surface area contributed by atoms with Crippen molar-refractivity contribution in [2.24, 2.45) is 5.92 Å². The Hall–Kier alpha value is -1.45. The Bertz CT molecular complexity index is 743. The number of hydrogen-bond acceptors (Lipinski definition) is 5. The van der Waals surface area contributed by atoms with Gasteiger partial charge in [-0.15, -0.1) is 0 Å². The minimum atomic E-state index is -3.48. The highest BCUT2D eigenvalue weighted by Gasteiger charge is 2.42. The lowest BCUT2D eigenvalue weighted by Crippen LogP contribution is -2.48. The Morgan fingerprint density at radius 3 is 2.60 bits per heavy atom. The van der Waals surface area contributed by atoms with E-state index in [-0.39, 0.29) is 23.8 Å². The van der Waals surface area contributed by atoms with Crippen molar-refractivity contribution in [1.82, 2.24) is 18.7 Å². The van der Waals surface area contributed by atoms with Gasteiger partial charge in [0, 0.05) is 51.8 Å². The molecule has 3 aliphatic heterocycles. The highest BCUT2D eigenvalue weighted by atomic mass is 32.2. The molecule has 0 saturated carbocycles. The maximum Gasteiger partial charge on any atom is 0.281 e. The van der Waals surface area contributed by atoms with Gasteiger partial charge < -0.3 is 9.42 Å². The predicted octanol–water partition coefficient (Wildman–Crippen LogP) is 1.14. The third-order valence-electron chi connectivity index (χ3n) is 5.05. The van der Waals surface area contributed by atoms with Crippen LogP contribution in [0.3, 0.4) is 0 Å². The summed E-state index contributed by atoms with van der Waals surface area (Å²) in [5.74, 6) is 0.818. The Balaban J connectivity index is 1.81. The van der Waals surface area contributed by atoms with Crippen LogP contribution in [-0.2, 0) is 10.2 Å². The van der Waals surface area contributed by atoms with Crippen molar-refractivity contribution in [2.45, 2.75) is 38.6 Å². The first-order chi connectivity index (χ1) is 11.7. The Morgan fingerprint density at radius 2 is 2.00 bits per heavy atom. The topological polar surface area (TPSA) is 87.0 Å². The van der Waals surface area contributed by atoms with E-state index in [1.807, 2.05) is 13.8 Å². The Kier molecular flexibility index (Phi) is 4.91. The standard InChI is InChI=1S/C16H26N4O4S/c1-11(2)15-7-14(17-24-15)16(21)20-9-12-5-6-13(20)10-19(8-12)25(22,23)18(3)4/h7,11-13H,5-6,8-10H2,1-4H3/t12-,13+/m0/s1. The van der Waals surface area contributed by atoms with Crippen LogP contribution >= 0.6 is 0 Å². The summed E-state index contributed by atoms with van der Waals surface area (Å²) in [5, 5.41) is 3.92. The first kappa shape index (κ1) is 18.3. The van der Waals surface area contributed by atoms with E-state index in [4.69, 9.17) is 4.52 Å². The van der Waals surface area contributed by atoms with Crippen molar-refractivity contribution in [3.8, 4) is 0 Å². The zero-order valence-corrected chi connectivity index (χ0v) is 16.0. The number of fused-ring (bicyclic) bond motifs is 4. The number of rotatable bonds is 4. The van der Waals surface area contributed by atoms with Crippen molar-refractivity contribution in [3.63, 3.8) is 0 Å². The van der Waals surface area contributed by atoms with E-state index in [1.54, 1.807) is 11.0 Å². The summed E-state index contributed by atoms with van der Waals surface area (Å²) in [4.78, 5) is 14.7. The number of amides is 1. The fourth-order valence-corrected chi connectivity index (χ4v) is 4.74. The van der Waals surface area contributed by atoms with Crippen LogP contribution in [0, 0.1) is 5.92 Å². The molecule has 1 aromatic rings. The monoisotopic (exact) mass is 370 g/mol. The van der Waals surface area contributed by atoms with E-state index in [2.05, 4.69) is 5.16 Å². The molecule has 3 aliphatic rings. The molecule has 4 heterocycles. The lowest BCUT2D eigenvalue weighted by molar-refractivity contribution is 0.0578. The fourth-order valence-electron chi connectivity index (χ4n) is 3.52. The van der Waals surface area contributed by atoms with Crippen LogP contribution < -0.4 is 0 Å². The quantitative estimate of drug-likeness (QED) is 0.793. The van der Waals surface area contributed by atoms with Crippen molar-refractivity contribution < 1.29 is 17.7 Å². The molecule has 9 heteroatoms. The molecular formula is C16H26N4O4S. The van der Waals surface area contributed by atoms with Gasteiger partial charge in [0.25, 0.3) is 16.1 Å². The van der Waals surface area contributed by atoms with Gasteiger partial charge in [-0.05, 0) is 18.8 Å². The molecule has 1 amide bonds. The van der Waals surface area contributed by atoms with E-state index < -0.39 is 10.2 Å². The molecule has 2 bridgehead atoms. The van der Waals surface area contributed by atoms with Crippen LogP contribution in [0.1, 0.15) is 48.9 Å². The van der Waals surface area contributed by atoms with Crippen molar-refractivity contribution in [1.29, 1.82) is 0 Å². The second kappa shape index (κ2) is 6.69. The van der Waals surface area contributed by atoms with Crippen LogP contribution in [0.2, 0.25) is 0 Å². The van der Waals surface area contributed by atoms with E-state index in [1.165, 1.54) is 22.7 Å². The van der Waals surface area contributed by atoms with Gasteiger partial charge >= 0.3 is 0 Å². The Labute approximate surface area is 148 Å². The molecule has 2 atom stereocenters. The number of aromatic nitrogens is 1. The van der Waals surface area contributed by atoms with Crippen LogP contribution in [0.25, 0.3) is 0 Å². The minimum absolute atomic E-state index is 0.125. The summed E-state index contributed by atoms with van der Waals surface area (Å²) in [6.45, 7) is 5.31. The molecule has 0 radical (unpaired) electrons. The van der Waals surface area contributed by atoms with Crippen molar-refractivity contribution >= 4 is 16.1 Å². The number of carbonyl (C=O) groups excluding carboxylic acids is 1. The third kappa shape index (κ3) is 3.45. The van der Waals surface area contributed by atoms with Gasteiger partial charge in [0.15, 0.2) is 5.69 Å². The largest absolute Gasteiger partial charge is 0.360 e. The van der Waals surface area contributed by atoms with E-state index >= 15 is 0 Å². The van der Waals surface area contributed by atoms with Gasteiger partial charge in [0.05, 0.1) is 0 Å². The third-order valence-corrected chi connectivity index (χ3v) is 6.92. The molecule has 25 heavy (non-hydrogen) atoms. The molecule has 0 aliphatic carbocycles. The molecule has 140 valence electrons. The lowest BCUT2D eigenvalue weighted by atomic mass is 9.94. The molecule has 8 nitrogen and oxygen atoms in total. The highest BCUT2D eigenvalue weighted by molar-refractivity contribution is 7.86. The van der Waals surface area contributed by atoms with Crippen LogP contribution in [0.15, 0.2) is 10.6 Å². The second-order valence-electron chi connectivity index (χ2n) is 7.43.